The number of hydrogen-bond donors (Lipinski definition) is 2. The molecule has 0 saturated carbocycles. The third-order valence-corrected chi connectivity index (χ3v) is 2.59. The molecule has 120 valence electrons. The third kappa shape index (κ3) is 25.4. The van der Waals surface area contributed by atoms with Gasteiger partial charge in [-0.15, -0.1) is 0 Å². The Labute approximate surface area is 156 Å². The van der Waals surface area contributed by atoms with Gasteiger partial charge in [0.25, 0.3) is 0 Å². The number of aliphatic carboxylic acids is 2. The number of carboxylic acids is 2. The molecule has 0 aliphatic carbocycles. The fourth-order valence-corrected chi connectivity index (χ4v) is 1.47. The summed E-state index contributed by atoms with van der Waals surface area (Å²) in [5, 5.41) is 37.7. The molecule has 0 amide bonds. The van der Waals surface area contributed by atoms with Gasteiger partial charge in [0.1, 0.15) is 0 Å². The summed E-state index contributed by atoms with van der Waals surface area (Å²) in [5.74, 6) is -2.35. The standard InChI is InChI=1S/2C7H14O3.Ca/c2*1-2-3-4-6(8)5-7(9)10;/h2*6,8H,2-5H2,1H3,(H,9,10);/q;;+2/p-2. The van der Waals surface area contributed by atoms with Crippen molar-refractivity contribution in [2.45, 2.75) is 77.4 Å². The molecular formula is C14H26CaO6. The topological polar surface area (TPSA) is 121 Å². The molecule has 6 nitrogen and oxygen atoms in total. The van der Waals surface area contributed by atoms with Crippen LogP contribution in [0.3, 0.4) is 0 Å². The van der Waals surface area contributed by atoms with E-state index >= 15 is 0 Å². The van der Waals surface area contributed by atoms with Crippen LogP contribution in [0.25, 0.3) is 0 Å². The van der Waals surface area contributed by atoms with Gasteiger partial charge in [0.05, 0.1) is 12.2 Å². The normalized spacial score (nSPS) is 12.4. The van der Waals surface area contributed by atoms with Gasteiger partial charge >= 0.3 is 37.7 Å². The van der Waals surface area contributed by atoms with E-state index in [0.29, 0.717) is 12.8 Å². The average molecular weight is 330 g/mol. The summed E-state index contributed by atoms with van der Waals surface area (Å²) in [7, 11) is 0. The first-order valence-electron chi connectivity index (χ1n) is 7.09. The number of unbranched alkanes of at least 4 members (excludes halogenated alkanes) is 2. The first-order valence-corrected chi connectivity index (χ1v) is 7.09. The Bertz CT molecular complexity index is 234. The third-order valence-electron chi connectivity index (χ3n) is 2.59. The zero-order chi connectivity index (χ0) is 16.0. The Kier molecular flexibility index (Phi) is 22.5. The largest absolute Gasteiger partial charge is 2.00 e. The van der Waals surface area contributed by atoms with Crippen LogP contribution in [0.5, 0.6) is 0 Å². The van der Waals surface area contributed by atoms with Crippen molar-refractivity contribution < 1.29 is 30.0 Å². The quantitative estimate of drug-likeness (QED) is 0.494. The van der Waals surface area contributed by atoms with Crippen LogP contribution in [0.2, 0.25) is 0 Å². The van der Waals surface area contributed by atoms with E-state index in [1.54, 1.807) is 0 Å². The van der Waals surface area contributed by atoms with Crippen LogP contribution < -0.4 is 10.2 Å². The Morgan fingerprint density at radius 3 is 1.33 bits per heavy atom. The van der Waals surface area contributed by atoms with Gasteiger partial charge in [0.15, 0.2) is 0 Å². The molecule has 0 fully saturated rings. The molecule has 7 heteroatoms. The summed E-state index contributed by atoms with van der Waals surface area (Å²) in [6.07, 6.45) is 2.90. The Morgan fingerprint density at radius 1 is 0.857 bits per heavy atom. The number of carboxylic acid groups (broad SMARTS) is 2. The van der Waals surface area contributed by atoms with Crippen LogP contribution in [0.15, 0.2) is 0 Å². The first-order chi connectivity index (χ1) is 9.33. The van der Waals surface area contributed by atoms with Gasteiger partial charge in [-0.2, -0.15) is 0 Å². The fraction of sp³-hybridized carbons (Fsp3) is 0.857. The summed E-state index contributed by atoms with van der Waals surface area (Å²) in [4.78, 5) is 19.8. The van der Waals surface area contributed by atoms with Crippen molar-refractivity contribution >= 4 is 49.7 Å². The zero-order valence-corrected chi connectivity index (χ0v) is 15.3. The number of aliphatic hydroxyl groups is 2. The molecular weight excluding hydrogens is 304 g/mol. The van der Waals surface area contributed by atoms with Crippen molar-refractivity contribution in [2.75, 3.05) is 0 Å². The molecule has 0 aromatic rings. The van der Waals surface area contributed by atoms with E-state index in [2.05, 4.69) is 0 Å². The van der Waals surface area contributed by atoms with E-state index in [9.17, 15) is 19.8 Å². The maximum Gasteiger partial charge on any atom is 2.00 e. The molecule has 0 saturated heterocycles. The van der Waals surface area contributed by atoms with Crippen molar-refractivity contribution in [1.82, 2.24) is 0 Å². The number of carbonyl (C=O) groups is 2. The van der Waals surface area contributed by atoms with Gasteiger partial charge in [0.2, 0.25) is 0 Å². The van der Waals surface area contributed by atoms with Crippen LogP contribution in [-0.4, -0.2) is 72.1 Å². The number of aliphatic hydroxyl groups excluding tert-OH is 2. The van der Waals surface area contributed by atoms with Crippen molar-refractivity contribution in [3.63, 3.8) is 0 Å². The van der Waals surface area contributed by atoms with Gasteiger partial charge in [-0.3, -0.25) is 0 Å². The molecule has 0 rings (SSSR count). The minimum atomic E-state index is -1.18. The van der Waals surface area contributed by atoms with Gasteiger partial charge in [0, 0.05) is 24.8 Å². The van der Waals surface area contributed by atoms with Gasteiger partial charge < -0.3 is 30.0 Å². The number of rotatable bonds is 10. The summed E-state index contributed by atoms with van der Waals surface area (Å²) >= 11 is 0. The molecule has 0 spiro atoms. The van der Waals surface area contributed by atoms with E-state index in [1.807, 2.05) is 13.8 Å². The minimum absolute atomic E-state index is 0. The molecule has 0 aromatic heterocycles. The smallest absolute Gasteiger partial charge is 0.550 e. The maximum absolute atomic E-state index is 9.90. The van der Waals surface area contributed by atoms with Crippen LogP contribution >= 0.6 is 0 Å². The molecule has 2 N–H and O–H groups in total. The van der Waals surface area contributed by atoms with Crippen LogP contribution in [0, 0.1) is 0 Å². The molecule has 0 aromatic carbocycles. The van der Waals surface area contributed by atoms with Crippen LogP contribution in [0.4, 0.5) is 0 Å². The van der Waals surface area contributed by atoms with Gasteiger partial charge in [-0.1, -0.05) is 39.5 Å². The second-order valence-corrected chi connectivity index (χ2v) is 4.74. The zero-order valence-electron chi connectivity index (χ0n) is 13.0. The summed E-state index contributed by atoms with van der Waals surface area (Å²) in [6, 6.07) is 0. The molecule has 0 radical (unpaired) electrons. The fourth-order valence-electron chi connectivity index (χ4n) is 1.47. The Balaban J connectivity index is -0.000000295. The molecule has 21 heavy (non-hydrogen) atoms. The van der Waals surface area contributed by atoms with E-state index in [1.165, 1.54) is 0 Å². The number of carbonyl (C=O) groups excluding carboxylic acids is 2. The van der Waals surface area contributed by atoms with Gasteiger partial charge in [-0.05, 0) is 12.8 Å². The Morgan fingerprint density at radius 2 is 1.14 bits per heavy atom. The first kappa shape index (κ1) is 26.0. The molecule has 2 atom stereocenters. The summed E-state index contributed by atoms with van der Waals surface area (Å²) in [5.41, 5.74) is 0. The van der Waals surface area contributed by atoms with Crippen LogP contribution in [-0.2, 0) is 9.59 Å². The van der Waals surface area contributed by atoms with E-state index in [0.717, 1.165) is 25.7 Å². The van der Waals surface area contributed by atoms with Crippen LogP contribution in [0.1, 0.15) is 65.2 Å². The van der Waals surface area contributed by atoms with Crippen molar-refractivity contribution in [1.29, 1.82) is 0 Å². The SMILES string of the molecule is CCCCC(O)CC(=O)[O-].CCCCC(O)CC(=O)[O-].[Ca+2]. The molecule has 0 aliphatic heterocycles. The number of hydrogen-bond acceptors (Lipinski definition) is 6. The molecule has 0 bridgehead atoms. The minimum Gasteiger partial charge on any atom is -0.550 e. The van der Waals surface area contributed by atoms with E-state index < -0.39 is 24.1 Å². The van der Waals surface area contributed by atoms with Crippen molar-refractivity contribution in [3.05, 3.63) is 0 Å². The monoisotopic (exact) mass is 330 g/mol. The van der Waals surface area contributed by atoms with Crippen molar-refractivity contribution in [3.8, 4) is 0 Å². The maximum atomic E-state index is 9.90. The summed E-state index contributed by atoms with van der Waals surface area (Å²) in [6.45, 7) is 3.98. The second-order valence-electron chi connectivity index (χ2n) is 4.74. The predicted molar refractivity (Wildman–Crippen MR) is 76.1 cm³/mol. The molecule has 0 heterocycles. The predicted octanol–water partition coefficient (Wildman–Crippen LogP) is -1.03. The summed E-state index contributed by atoms with van der Waals surface area (Å²) < 4.78 is 0. The Hall–Kier alpha value is 0.120. The molecule has 0 aliphatic rings. The average Bonchev–Trinajstić information content (AvgIpc) is 2.33. The van der Waals surface area contributed by atoms with E-state index in [-0.39, 0.29) is 50.6 Å². The van der Waals surface area contributed by atoms with E-state index in [4.69, 9.17) is 10.2 Å². The van der Waals surface area contributed by atoms with Crippen molar-refractivity contribution in [2.24, 2.45) is 0 Å². The molecule has 2 unspecified atom stereocenters. The second kappa shape index (κ2) is 18.2. The van der Waals surface area contributed by atoms with Gasteiger partial charge in [-0.25, -0.2) is 0 Å².